The van der Waals surface area contributed by atoms with Crippen molar-refractivity contribution in [3.05, 3.63) is 29.3 Å². The molecule has 0 saturated heterocycles. The highest BCUT2D eigenvalue weighted by molar-refractivity contribution is 7.91. The largest absolute Gasteiger partial charge is 0.325 e. The number of rotatable bonds is 7. The third kappa shape index (κ3) is 6.56. The van der Waals surface area contributed by atoms with Crippen LogP contribution in [0.5, 0.6) is 0 Å². The lowest BCUT2D eigenvalue weighted by atomic mass is 10.3. The molecule has 0 saturated carbocycles. The molecular weight excluding hydrogens is 288 g/mol. The minimum absolute atomic E-state index is 0.0357. The summed E-state index contributed by atoms with van der Waals surface area (Å²) in [7, 11) is -2.99. The summed E-state index contributed by atoms with van der Waals surface area (Å²) < 4.78 is 22.4. The Bertz CT molecular complexity index is 532. The van der Waals surface area contributed by atoms with Gasteiger partial charge in [-0.2, -0.15) is 0 Å². The van der Waals surface area contributed by atoms with E-state index in [-0.39, 0.29) is 30.5 Å². The van der Waals surface area contributed by atoms with E-state index in [1.807, 2.05) is 0 Å². The zero-order chi connectivity index (χ0) is 14.3. The molecule has 0 aliphatic carbocycles. The van der Waals surface area contributed by atoms with E-state index in [1.165, 1.54) is 0 Å². The first-order chi connectivity index (χ1) is 8.93. The Labute approximate surface area is 118 Å². The number of halogens is 1. The molecule has 0 aliphatic rings. The molecule has 0 atom stereocenters. The van der Waals surface area contributed by atoms with Gasteiger partial charge in [-0.15, -0.1) is 0 Å². The average Bonchev–Trinajstić information content (AvgIpc) is 2.35. The molecule has 5 nitrogen and oxygen atoms in total. The molecule has 1 amide bonds. The quantitative estimate of drug-likeness (QED) is 0.745. The summed E-state index contributed by atoms with van der Waals surface area (Å²) in [6.45, 7) is 1.92. The van der Waals surface area contributed by atoms with Crippen LogP contribution in [0.25, 0.3) is 0 Å². The van der Waals surface area contributed by atoms with Crippen molar-refractivity contribution in [3.63, 3.8) is 0 Å². The van der Waals surface area contributed by atoms with Crippen LogP contribution < -0.4 is 10.6 Å². The fourth-order valence-corrected chi connectivity index (χ4v) is 2.28. The third-order valence-electron chi connectivity index (χ3n) is 2.42. The van der Waals surface area contributed by atoms with Gasteiger partial charge in [-0.3, -0.25) is 4.79 Å². The predicted octanol–water partition coefficient (Wildman–Crippen LogP) is 1.30. The smallest absolute Gasteiger partial charge is 0.238 e. The van der Waals surface area contributed by atoms with Crippen LogP contribution in [0.4, 0.5) is 5.69 Å². The molecule has 19 heavy (non-hydrogen) atoms. The van der Waals surface area contributed by atoms with Gasteiger partial charge in [0.15, 0.2) is 9.84 Å². The summed E-state index contributed by atoms with van der Waals surface area (Å²) >= 11 is 5.79. The number of amides is 1. The number of anilines is 1. The van der Waals surface area contributed by atoms with Crippen LogP contribution in [-0.4, -0.2) is 38.9 Å². The van der Waals surface area contributed by atoms with E-state index in [9.17, 15) is 13.2 Å². The van der Waals surface area contributed by atoms with Crippen molar-refractivity contribution in [2.45, 2.75) is 6.92 Å². The molecule has 0 spiro atoms. The number of hydrogen-bond acceptors (Lipinski definition) is 4. The van der Waals surface area contributed by atoms with Gasteiger partial charge < -0.3 is 10.6 Å². The maximum Gasteiger partial charge on any atom is 0.238 e. The minimum Gasteiger partial charge on any atom is -0.325 e. The van der Waals surface area contributed by atoms with E-state index in [0.717, 1.165) is 0 Å². The van der Waals surface area contributed by atoms with E-state index in [0.29, 0.717) is 10.7 Å². The summed E-state index contributed by atoms with van der Waals surface area (Å²) in [5.74, 6) is -0.0895. The van der Waals surface area contributed by atoms with Crippen LogP contribution in [0, 0.1) is 0 Å². The first-order valence-corrected chi connectivity index (χ1v) is 8.09. The number of sulfone groups is 1. The Hall–Kier alpha value is -1.11. The van der Waals surface area contributed by atoms with E-state index in [4.69, 9.17) is 11.6 Å². The standard InChI is InChI=1S/C12H17ClN2O3S/c1-2-19(17,18)7-6-14-9-12(16)15-11-5-3-4-10(13)8-11/h3-5,8,14H,2,6-7,9H2,1H3,(H,15,16). The van der Waals surface area contributed by atoms with E-state index >= 15 is 0 Å². The third-order valence-corrected chi connectivity index (χ3v) is 4.36. The molecular formula is C12H17ClN2O3S. The van der Waals surface area contributed by atoms with Crippen molar-refractivity contribution < 1.29 is 13.2 Å². The molecule has 106 valence electrons. The molecule has 1 aromatic rings. The monoisotopic (exact) mass is 304 g/mol. The summed E-state index contributed by atoms with van der Waals surface area (Å²) in [5, 5.41) is 5.99. The number of carbonyl (C=O) groups is 1. The molecule has 0 heterocycles. The molecule has 2 N–H and O–H groups in total. The summed E-state index contributed by atoms with van der Waals surface area (Å²) in [4.78, 5) is 11.6. The van der Waals surface area contributed by atoms with Crippen LogP contribution in [0.15, 0.2) is 24.3 Å². The molecule has 0 aromatic heterocycles. The van der Waals surface area contributed by atoms with Gasteiger partial charge in [-0.1, -0.05) is 24.6 Å². The lowest BCUT2D eigenvalue weighted by molar-refractivity contribution is -0.115. The Morgan fingerprint density at radius 3 is 2.74 bits per heavy atom. The van der Waals surface area contributed by atoms with Crippen molar-refractivity contribution >= 4 is 33.0 Å². The second kappa shape index (κ2) is 7.47. The molecule has 0 unspecified atom stereocenters. The van der Waals surface area contributed by atoms with Gasteiger partial charge in [0.05, 0.1) is 12.3 Å². The Morgan fingerprint density at radius 2 is 2.11 bits per heavy atom. The fraction of sp³-hybridized carbons (Fsp3) is 0.417. The number of carbonyl (C=O) groups excluding carboxylic acids is 1. The van der Waals surface area contributed by atoms with Gasteiger partial charge in [-0.05, 0) is 18.2 Å². The summed E-state index contributed by atoms with van der Waals surface area (Å²) in [6, 6.07) is 6.82. The van der Waals surface area contributed by atoms with Crippen LogP contribution in [0.2, 0.25) is 5.02 Å². The first-order valence-electron chi connectivity index (χ1n) is 5.89. The van der Waals surface area contributed by atoms with Crippen molar-refractivity contribution in [2.75, 3.05) is 29.9 Å². The second-order valence-electron chi connectivity index (χ2n) is 3.97. The van der Waals surface area contributed by atoms with Gasteiger partial charge in [0, 0.05) is 23.0 Å². The molecule has 0 bridgehead atoms. The molecule has 7 heteroatoms. The molecule has 0 radical (unpaired) electrons. The van der Waals surface area contributed by atoms with E-state index in [2.05, 4.69) is 10.6 Å². The van der Waals surface area contributed by atoms with Gasteiger partial charge in [-0.25, -0.2) is 8.42 Å². The summed E-state index contributed by atoms with van der Waals surface area (Å²) in [5.41, 5.74) is 0.612. The Kier molecular flexibility index (Phi) is 6.27. The highest BCUT2D eigenvalue weighted by Crippen LogP contribution is 2.14. The number of benzene rings is 1. The summed E-state index contributed by atoms with van der Waals surface area (Å²) in [6.07, 6.45) is 0. The average molecular weight is 305 g/mol. The second-order valence-corrected chi connectivity index (χ2v) is 6.88. The van der Waals surface area contributed by atoms with Crippen molar-refractivity contribution in [2.24, 2.45) is 0 Å². The first kappa shape index (κ1) is 15.9. The maximum atomic E-state index is 11.6. The molecule has 0 aliphatic heterocycles. The fourth-order valence-electron chi connectivity index (χ4n) is 1.35. The molecule has 1 rings (SSSR count). The zero-order valence-electron chi connectivity index (χ0n) is 10.6. The Balaban J connectivity index is 2.29. The maximum absolute atomic E-state index is 11.6. The topological polar surface area (TPSA) is 75.3 Å². The number of hydrogen-bond donors (Lipinski definition) is 2. The van der Waals surface area contributed by atoms with Crippen LogP contribution in [0.3, 0.4) is 0 Å². The lowest BCUT2D eigenvalue weighted by Crippen LogP contribution is -2.31. The van der Waals surface area contributed by atoms with E-state index < -0.39 is 9.84 Å². The van der Waals surface area contributed by atoms with E-state index in [1.54, 1.807) is 31.2 Å². The number of nitrogens with one attached hydrogen (secondary N) is 2. The SMILES string of the molecule is CCS(=O)(=O)CCNCC(=O)Nc1cccc(Cl)c1. The highest BCUT2D eigenvalue weighted by atomic mass is 35.5. The Morgan fingerprint density at radius 1 is 1.37 bits per heavy atom. The normalized spacial score (nSPS) is 11.3. The van der Waals surface area contributed by atoms with Gasteiger partial charge >= 0.3 is 0 Å². The van der Waals surface area contributed by atoms with Crippen molar-refractivity contribution in [3.8, 4) is 0 Å². The molecule has 0 fully saturated rings. The lowest BCUT2D eigenvalue weighted by Gasteiger charge is -2.07. The highest BCUT2D eigenvalue weighted by Gasteiger charge is 2.07. The zero-order valence-corrected chi connectivity index (χ0v) is 12.2. The van der Waals surface area contributed by atoms with Crippen LogP contribution in [-0.2, 0) is 14.6 Å². The van der Waals surface area contributed by atoms with Crippen molar-refractivity contribution in [1.82, 2.24) is 5.32 Å². The van der Waals surface area contributed by atoms with Gasteiger partial charge in [0.2, 0.25) is 5.91 Å². The van der Waals surface area contributed by atoms with Crippen LogP contribution in [0.1, 0.15) is 6.92 Å². The van der Waals surface area contributed by atoms with Crippen LogP contribution >= 0.6 is 11.6 Å². The van der Waals surface area contributed by atoms with Gasteiger partial charge in [0.1, 0.15) is 0 Å². The van der Waals surface area contributed by atoms with Crippen molar-refractivity contribution in [1.29, 1.82) is 0 Å². The van der Waals surface area contributed by atoms with Gasteiger partial charge in [0.25, 0.3) is 0 Å². The minimum atomic E-state index is -2.99. The molecule has 1 aromatic carbocycles. The predicted molar refractivity (Wildman–Crippen MR) is 77.3 cm³/mol.